The van der Waals surface area contributed by atoms with Crippen molar-refractivity contribution in [3.05, 3.63) is 80.4 Å². The quantitative estimate of drug-likeness (QED) is 0.273. The Morgan fingerprint density at radius 2 is 1.97 bits per heavy atom. The first-order valence-electron chi connectivity index (χ1n) is 8.83. The topological polar surface area (TPSA) is 103 Å². The standard InChI is InChI=1S/C21H13ClN2O6S/c1-29-14-5-7-16(17(10-14)24(27)28)18-8-6-15(30-18)11-19-20(25)23(21(26)31-19)13-4-2-3-12(22)9-13/h2-11H,1H3/b19-11-. The summed E-state index contributed by atoms with van der Waals surface area (Å²) >= 11 is 6.72. The third-order valence-corrected chi connectivity index (χ3v) is 5.53. The van der Waals surface area contributed by atoms with Gasteiger partial charge >= 0.3 is 0 Å². The second kappa shape index (κ2) is 8.29. The summed E-state index contributed by atoms with van der Waals surface area (Å²) in [5, 5.41) is 11.4. The smallest absolute Gasteiger partial charge is 0.298 e. The number of carbonyl (C=O) groups excluding carboxylic acids is 2. The number of halogens is 1. The molecule has 1 fully saturated rings. The largest absolute Gasteiger partial charge is 0.497 e. The zero-order valence-electron chi connectivity index (χ0n) is 15.9. The number of methoxy groups -OCH3 is 1. The Balaban J connectivity index is 1.64. The van der Waals surface area contributed by atoms with E-state index in [-0.39, 0.29) is 27.7 Å². The first-order chi connectivity index (χ1) is 14.9. The van der Waals surface area contributed by atoms with Crippen molar-refractivity contribution in [2.24, 2.45) is 0 Å². The fourth-order valence-corrected chi connectivity index (χ4v) is 4.01. The molecule has 156 valence electrons. The molecule has 0 atom stereocenters. The van der Waals surface area contributed by atoms with Crippen LogP contribution in [0.2, 0.25) is 5.02 Å². The highest BCUT2D eigenvalue weighted by Gasteiger charge is 2.36. The number of nitro groups is 1. The van der Waals surface area contributed by atoms with Crippen LogP contribution in [0.4, 0.5) is 16.2 Å². The van der Waals surface area contributed by atoms with Gasteiger partial charge in [-0.2, -0.15) is 0 Å². The molecule has 1 aliphatic rings. The van der Waals surface area contributed by atoms with E-state index in [0.29, 0.717) is 16.5 Å². The summed E-state index contributed by atoms with van der Waals surface area (Å²) in [5.74, 6) is 0.356. The number of carbonyl (C=O) groups is 2. The normalized spacial score (nSPS) is 15.0. The summed E-state index contributed by atoms with van der Waals surface area (Å²) in [6, 6.07) is 13.9. The fraction of sp³-hybridized carbons (Fsp3) is 0.0476. The number of furan rings is 1. The third-order valence-electron chi connectivity index (χ3n) is 4.43. The highest BCUT2D eigenvalue weighted by Crippen LogP contribution is 2.38. The maximum Gasteiger partial charge on any atom is 0.298 e. The van der Waals surface area contributed by atoms with Crippen molar-refractivity contribution in [2.75, 3.05) is 12.0 Å². The summed E-state index contributed by atoms with van der Waals surface area (Å²) < 4.78 is 10.7. The van der Waals surface area contributed by atoms with E-state index in [2.05, 4.69) is 0 Å². The molecule has 0 bridgehead atoms. The van der Waals surface area contributed by atoms with E-state index in [9.17, 15) is 19.7 Å². The highest BCUT2D eigenvalue weighted by atomic mass is 35.5. The van der Waals surface area contributed by atoms with E-state index in [4.69, 9.17) is 20.8 Å². The Morgan fingerprint density at radius 1 is 1.16 bits per heavy atom. The van der Waals surface area contributed by atoms with Gasteiger partial charge in [0.05, 0.1) is 34.3 Å². The molecule has 2 aromatic carbocycles. The second-order valence-electron chi connectivity index (χ2n) is 6.34. The fourth-order valence-electron chi connectivity index (χ4n) is 3.01. The molecule has 3 aromatic rings. The molecule has 31 heavy (non-hydrogen) atoms. The first-order valence-corrected chi connectivity index (χ1v) is 10.0. The molecule has 0 saturated carbocycles. The molecule has 4 rings (SSSR count). The molecule has 1 aliphatic heterocycles. The molecule has 0 N–H and O–H groups in total. The summed E-state index contributed by atoms with van der Waals surface area (Å²) in [4.78, 5) is 37.2. The Kier molecular flexibility index (Phi) is 5.53. The van der Waals surface area contributed by atoms with Crippen LogP contribution >= 0.6 is 23.4 Å². The van der Waals surface area contributed by atoms with Gasteiger partial charge in [0.25, 0.3) is 16.8 Å². The van der Waals surface area contributed by atoms with Gasteiger partial charge in [0.1, 0.15) is 17.3 Å². The lowest BCUT2D eigenvalue weighted by Gasteiger charge is -2.12. The predicted molar refractivity (Wildman–Crippen MR) is 117 cm³/mol. The van der Waals surface area contributed by atoms with Crippen molar-refractivity contribution in [1.29, 1.82) is 0 Å². The lowest BCUT2D eigenvalue weighted by molar-refractivity contribution is -0.384. The molecule has 0 unspecified atom stereocenters. The summed E-state index contributed by atoms with van der Waals surface area (Å²) in [6.07, 6.45) is 1.42. The molecule has 1 aromatic heterocycles. The van der Waals surface area contributed by atoms with Gasteiger partial charge < -0.3 is 9.15 Å². The Morgan fingerprint density at radius 3 is 2.68 bits per heavy atom. The van der Waals surface area contributed by atoms with Crippen molar-refractivity contribution in [1.82, 2.24) is 0 Å². The van der Waals surface area contributed by atoms with Crippen molar-refractivity contribution in [3.63, 3.8) is 0 Å². The minimum absolute atomic E-state index is 0.162. The SMILES string of the molecule is COc1ccc(-c2ccc(/C=C3\SC(=O)N(c4cccc(Cl)c4)C3=O)o2)c([N+](=O)[O-])c1. The molecule has 1 saturated heterocycles. The van der Waals surface area contributed by atoms with E-state index in [1.807, 2.05) is 0 Å². The van der Waals surface area contributed by atoms with Crippen LogP contribution in [0.5, 0.6) is 5.75 Å². The van der Waals surface area contributed by atoms with Gasteiger partial charge in [-0.3, -0.25) is 19.7 Å². The second-order valence-corrected chi connectivity index (χ2v) is 7.77. The van der Waals surface area contributed by atoms with Crippen LogP contribution < -0.4 is 9.64 Å². The number of benzene rings is 2. The number of hydrogen-bond acceptors (Lipinski definition) is 7. The first kappa shape index (κ1) is 20.7. The van der Waals surface area contributed by atoms with Crippen molar-refractivity contribution < 1.29 is 23.7 Å². The molecule has 2 heterocycles. The van der Waals surface area contributed by atoms with E-state index >= 15 is 0 Å². The van der Waals surface area contributed by atoms with Gasteiger partial charge in [-0.25, -0.2) is 4.90 Å². The van der Waals surface area contributed by atoms with Crippen LogP contribution in [0.15, 0.2) is 63.9 Å². The van der Waals surface area contributed by atoms with Crippen LogP contribution in [-0.2, 0) is 4.79 Å². The number of imide groups is 1. The van der Waals surface area contributed by atoms with Crippen LogP contribution in [0.1, 0.15) is 5.76 Å². The average Bonchev–Trinajstić information content (AvgIpc) is 3.31. The lowest BCUT2D eigenvalue weighted by Crippen LogP contribution is -2.27. The monoisotopic (exact) mass is 456 g/mol. The average molecular weight is 457 g/mol. The Labute approximate surface area is 185 Å². The van der Waals surface area contributed by atoms with Gasteiger partial charge in [0.2, 0.25) is 0 Å². The zero-order valence-corrected chi connectivity index (χ0v) is 17.5. The van der Waals surface area contributed by atoms with E-state index in [1.165, 1.54) is 31.4 Å². The van der Waals surface area contributed by atoms with Crippen molar-refractivity contribution >= 4 is 52.0 Å². The summed E-state index contributed by atoms with van der Waals surface area (Å²) in [6.45, 7) is 0. The lowest BCUT2D eigenvalue weighted by atomic mass is 10.1. The number of amides is 2. The van der Waals surface area contributed by atoms with Crippen molar-refractivity contribution in [2.45, 2.75) is 0 Å². The van der Waals surface area contributed by atoms with Crippen LogP contribution in [0, 0.1) is 10.1 Å². The predicted octanol–water partition coefficient (Wildman–Crippen LogP) is 5.76. The highest BCUT2D eigenvalue weighted by molar-refractivity contribution is 8.19. The van der Waals surface area contributed by atoms with Gasteiger partial charge in [0.15, 0.2) is 0 Å². The van der Waals surface area contributed by atoms with E-state index in [0.717, 1.165) is 16.7 Å². The third kappa shape index (κ3) is 4.05. The number of rotatable bonds is 5. The maximum atomic E-state index is 12.8. The maximum absolute atomic E-state index is 12.8. The van der Waals surface area contributed by atoms with E-state index < -0.39 is 16.1 Å². The van der Waals surface area contributed by atoms with Crippen LogP contribution in [0.25, 0.3) is 17.4 Å². The summed E-state index contributed by atoms with van der Waals surface area (Å²) in [7, 11) is 1.42. The van der Waals surface area contributed by atoms with Gasteiger partial charge in [-0.15, -0.1) is 0 Å². The minimum atomic E-state index is -0.531. The molecule has 8 nitrogen and oxygen atoms in total. The van der Waals surface area contributed by atoms with Gasteiger partial charge in [-0.1, -0.05) is 17.7 Å². The molecular formula is C21H13ClN2O6S. The number of nitrogens with zero attached hydrogens (tertiary/aromatic N) is 2. The van der Waals surface area contributed by atoms with E-state index in [1.54, 1.807) is 36.4 Å². The number of anilines is 1. The molecule has 2 amide bonds. The minimum Gasteiger partial charge on any atom is -0.497 e. The molecule has 0 radical (unpaired) electrons. The molecular weight excluding hydrogens is 444 g/mol. The Bertz CT molecular complexity index is 1250. The van der Waals surface area contributed by atoms with Crippen molar-refractivity contribution in [3.8, 4) is 17.1 Å². The van der Waals surface area contributed by atoms with Crippen LogP contribution in [-0.4, -0.2) is 23.2 Å². The van der Waals surface area contributed by atoms with Gasteiger partial charge in [-0.05, 0) is 54.2 Å². The van der Waals surface area contributed by atoms with Crippen LogP contribution in [0.3, 0.4) is 0 Å². The molecule has 0 aliphatic carbocycles. The summed E-state index contributed by atoms with van der Waals surface area (Å²) in [5.41, 5.74) is 0.450. The number of hydrogen-bond donors (Lipinski definition) is 0. The Hall–Kier alpha value is -3.56. The van der Waals surface area contributed by atoms with Gasteiger partial charge in [0, 0.05) is 11.1 Å². The zero-order chi connectivity index (χ0) is 22.1. The number of ether oxygens (including phenoxy) is 1. The number of nitro benzene ring substituents is 1. The number of thioether (sulfide) groups is 1. The molecule has 10 heteroatoms. The molecule has 0 spiro atoms.